The molecule has 0 fully saturated rings. The molecule has 0 unspecified atom stereocenters. The zero-order valence-electron chi connectivity index (χ0n) is 23.5. The number of hydrogen-bond acceptors (Lipinski definition) is 3. The molecule has 5 aromatic carbocycles. The van der Waals surface area contributed by atoms with Crippen molar-refractivity contribution in [1.82, 2.24) is 14.5 Å². The predicted molar refractivity (Wildman–Crippen MR) is 179 cm³/mol. The van der Waals surface area contributed by atoms with Crippen molar-refractivity contribution in [2.45, 2.75) is 12.8 Å². The molecule has 0 aliphatic carbocycles. The van der Waals surface area contributed by atoms with E-state index >= 15 is 0 Å². The molecular weight excluding hydrogens is 545 g/mol. The number of allylic oxidation sites excluding steroid dienone is 1. The Labute approximate surface area is 250 Å². The van der Waals surface area contributed by atoms with Gasteiger partial charge in [0.05, 0.1) is 5.69 Å². The lowest BCUT2D eigenvalue weighted by molar-refractivity contribution is 0.592. The van der Waals surface area contributed by atoms with Crippen LogP contribution in [-0.2, 0) is 11.0 Å². The first kappa shape index (κ1) is 25.6. The van der Waals surface area contributed by atoms with E-state index in [-0.39, 0.29) is 0 Å². The molecule has 0 radical (unpaired) electrons. The SMILES string of the molecule is O=P(c1ccccc1)(c1ccccc1)c1ccc(-c2ccc(-c3nc4c(nc5n4C=CCC5)c4ccccc34)cc2)cc1. The molecule has 8 rings (SSSR count). The number of rotatable bonds is 5. The number of imidazole rings is 1. The number of hydrogen-bond donors (Lipinski definition) is 0. The van der Waals surface area contributed by atoms with E-state index in [1.165, 1.54) is 0 Å². The highest BCUT2D eigenvalue weighted by molar-refractivity contribution is 7.85. The van der Waals surface area contributed by atoms with Crippen molar-refractivity contribution in [3.05, 3.63) is 145 Å². The molecule has 0 spiro atoms. The largest absolute Gasteiger partial charge is 0.309 e. The third kappa shape index (κ3) is 4.26. The molecule has 1 aliphatic rings. The summed E-state index contributed by atoms with van der Waals surface area (Å²) in [5.74, 6) is 1.06. The van der Waals surface area contributed by atoms with Gasteiger partial charge in [-0.05, 0) is 17.5 Å². The summed E-state index contributed by atoms with van der Waals surface area (Å²) in [6, 6.07) is 44.8. The van der Waals surface area contributed by atoms with E-state index in [0.29, 0.717) is 0 Å². The summed E-state index contributed by atoms with van der Waals surface area (Å²) in [5.41, 5.74) is 6.05. The van der Waals surface area contributed by atoms with E-state index < -0.39 is 7.14 Å². The number of aryl methyl sites for hydroxylation is 1. The van der Waals surface area contributed by atoms with Gasteiger partial charge in [0.1, 0.15) is 11.3 Å². The fourth-order valence-corrected chi connectivity index (χ4v) is 8.82. The van der Waals surface area contributed by atoms with Crippen molar-refractivity contribution in [1.29, 1.82) is 0 Å². The molecule has 43 heavy (non-hydrogen) atoms. The lowest BCUT2D eigenvalue weighted by Crippen LogP contribution is -2.24. The minimum Gasteiger partial charge on any atom is -0.309 e. The van der Waals surface area contributed by atoms with Crippen molar-refractivity contribution < 1.29 is 4.57 Å². The molecule has 206 valence electrons. The maximum absolute atomic E-state index is 14.7. The van der Waals surface area contributed by atoms with Crippen LogP contribution in [0, 0.1) is 0 Å². The smallest absolute Gasteiger partial charge is 0.171 e. The van der Waals surface area contributed by atoms with Crippen LogP contribution >= 0.6 is 7.14 Å². The molecule has 0 atom stereocenters. The Bertz CT molecular complexity index is 2140. The molecule has 1 aliphatic heterocycles. The molecule has 0 bridgehead atoms. The molecule has 5 heteroatoms. The number of fused-ring (bicyclic) bond motifs is 5. The van der Waals surface area contributed by atoms with Gasteiger partial charge in [-0.25, -0.2) is 9.97 Å². The molecule has 0 saturated carbocycles. The third-order valence-corrected chi connectivity index (χ3v) is 11.4. The van der Waals surface area contributed by atoms with Crippen LogP contribution in [0.5, 0.6) is 0 Å². The van der Waals surface area contributed by atoms with Gasteiger partial charge in [0.25, 0.3) is 0 Å². The Hall–Kier alpha value is -5.05. The highest BCUT2D eigenvalue weighted by Crippen LogP contribution is 2.42. The Morgan fingerprint density at radius 2 is 1.09 bits per heavy atom. The average Bonchev–Trinajstić information content (AvgIpc) is 3.47. The maximum Gasteiger partial charge on any atom is 0.171 e. The summed E-state index contributed by atoms with van der Waals surface area (Å²) in [4.78, 5) is 10.1. The van der Waals surface area contributed by atoms with Crippen molar-refractivity contribution in [3.63, 3.8) is 0 Å². The van der Waals surface area contributed by atoms with Gasteiger partial charge in [-0.15, -0.1) is 0 Å². The highest BCUT2D eigenvalue weighted by atomic mass is 31.2. The lowest BCUT2D eigenvalue weighted by Gasteiger charge is -2.20. The Balaban J connectivity index is 1.17. The number of aromatic nitrogens is 3. The summed E-state index contributed by atoms with van der Waals surface area (Å²) in [5, 5.41) is 4.73. The van der Waals surface area contributed by atoms with Crippen molar-refractivity contribution in [2.24, 2.45) is 0 Å². The fraction of sp³-hybridized carbons (Fsp3) is 0.0526. The van der Waals surface area contributed by atoms with Crippen LogP contribution < -0.4 is 15.9 Å². The normalized spacial score (nSPS) is 12.9. The Kier molecular flexibility index (Phi) is 6.17. The topological polar surface area (TPSA) is 47.8 Å². The molecule has 4 nitrogen and oxygen atoms in total. The monoisotopic (exact) mass is 573 g/mol. The van der Waals surface area contributed by atoms with Crippen LogP contribution in [0.4, 0.5) is 0 Å². The first-order valence-corrected chi connectivity index (χ1v) is 16.3. The van der Waals surface area contributed by atoms with Gasteiger partial charge in [0.15, 0.2) is 12.8 Å². The average molecular weight is 574 g/mol. The fourth-order valence-electron chi connectivity index (χ4n) is 6.17. The number of benzene rings is 5. The first-order valence-electron chi connectivity index (χ1n) is 14.6. The van der Waals surface area contributed by atoms with Gasteiger partial charge in [0.2, 0.25) is 0 Å². The summed E-state index contributed by atoms with van der Waals surface area (Å²) >= 11 is 0. The molecule has 0 N–H and O–H groups in total. The third-order valence-electron chi connectivity index (χ3n) is 8.37. The van der Waals surface area contributed by atoms with Gasteiger partial charge < -0.3 is 4.57 Å². The van der Waals surface area contributed by atoms with Crippen molar-refractivity contribution in [3.8, 4) is 22.4 Å². The molecule has 0 amide bonds. The van der Waals surface area contributed by atoms with Crippen LogP contribution in [0.2, 0.25) is 0 Å². The standard InChI is InChI=1S/C38H28N3OP/c42-43(30-11-3-1-4-12-30,31-13-5-2-6-14-31)32-24-22-28(23-25-32)27-18-20-29(21-19-27)36-33-15-7-8-16-34(33)37-38(40-36)41-26-10-9-17-35(41)39-37/h1-8,10-16,18-26H,9,17H2. The van der Waals surface area contributed by atoms with Crippen molar-refractivity contribution >= 4 is 51.2 Å². The second-order valence-corrected chi connectivity index (χ2v) is 13.7. The van der Waals surface area contributed by atoms with Gasteiger partial charge in [-0.3, -0.25) is 4.57 Å². The van der Waals surface area contributed by atoms with E-state index in [1.807, 2.05) is 72.8 Å². The zero-order valence-corrected chi connectivity index (χ0v) is 24.4. The minimum atomic E-state index is -3.00. The molecular formula is C38H28N3OP. The molecule has 7 aromatic rings. The van der Waals surface area contributed by atoms with Crippen LogP contribution in [0.3, 0.4) is 0 Å². The van der Waals surface area contributed by atoms with Gasteiger partial charge >= 0.3 is 0 Å². The van der Waals surface area contributed by atoms with Crippen LogP contribution in [0.15, 0.2) is 140 Å². The number of pyridine rings is 1. The Morgan fingerprint density at radius 1 is 0.558 bits per heavy atom. The molecule has 0 saturated heterocycles. The summed E-state index contributed by atoms with van der Waals surface area (Å²) in [6.07, 6.45) is 6.22. The van der Waals surface area contributed by atoms with Gasteiger partial charge in [-0.2, -0.15) is 0 Å². The predicted octanol–water partition coefficient (Wildman–Crippen LogP) is 7.97. The summed E-state index contributed by atoms with van der Waals surface area (Å²) in [6.45, 7) is 0. The maximum atomic E-state index is 14.7. The van der Waals surface area contributed by atoms with E-state index in [2.05, 4.69) is 77.5 Å². The lowest BCUT2D eigenvalue weighted by atomic mass is 10.00. The van der Waals surface area contributed by atoms with Crippen LogP contribution in [0.1, 0.15) is 12.2 Å². The molecule has 3 heterocycles. The van der Waals surface area contributed by atoms with Crippen LogP contribution in [0.25, 0.3) is 50.5 Å². The van der Waals surface area contributed by atoms with Gasteiger partial charge in [-0.1, -0.05) is 140 Å². The molecule has 2 aromatic heterocycles. The summed E-state index contributed by atoms with van der Waals surface area (Å²) < 4.78 is 16.9. The van der Waals surface area contributed by atoms with Crippen LogP contribution in [-0.4, -0.2) is 14.5 Å². The summed E-state index contributed by atoms with van der Waals surface area (Å²) in [7, 11) is -3.00. The van der Waals surface area contributed by atoms with Crippen molar-refractivity contribution in [2.75, 3.05) is 0 Å². The second-order valence-electron chi connectivity index (χ2n) is 10.9. The first-order chi connectivity index (χ1) is 21.2. The highest BCUT2D eigenvalue weighted by Gasteiger charge is 2.29. The van der Waals surface area contributed by atoms with E-state index in [0.717, 1.165) is 78.9 Å². The second kappa shape index (κ2) is 10.3. The van der Waals surface area contributed by atoms with Gasteiger partial charge in [0, 0.05) is 44.9 Å². The minimum absolute atomic E-state index is 0.826. The Morgan fingerprint density at radius 3 is 1.74 bits per heavy atom. The van der Waals surface area contributed by atoms with E-state index in [9.17, 15) is 4.57 Å². The van der Waals surface area contributed by atoms with E-state index in [4.69, 9.17) is 9.97 Å². The van der Waals surface area contributed by atoms with E-state index in [1.54, 1.807) is 0 Å². The quantitative estimate of drug-likeness (QED) is 0.196. The zero-order chi connectivity index (χ0) is 28.8. The number of nitrogens with zero attached hydrogens (tertiary/aromatic N) is 3.